The molecular weight excluding hydrogens is 446 g/mol. The summed E-state index contributed by atoms with van der Waals surface area (Å²) in [6.45, 7) is 3.34. The zero-order chi connectivity index (χ0) is 24.6. The summed E-state index contributed by atoms with van der Waals surface area (Å²) in [7, 11) is 0. The van der Waals surface area contributed by atoms with Gasteiger partial charge in [-0.1, -0.05) is 66.2 Å². The average molecular weight is 478 g/mol. The van der Waals surface area contributed by atoms with Crippen molar-refractivity contribution in [3.05, 3.63) is 107 Å². The van der Waals surface area contributed by atoms with Gasteiger partial charge in [0.05, 0.1) is 5.52 Å². The molecule has 36 heavy (non-hydrogen) atoms. The van der Waals surface area contributed by atoms with Crippen molar-refractivity contribution in [2.75, 3.05) is 13.1 Å². The molecule has 5 nitrogen and oxygen atoms in total. The van der Waals surface area contributed by atoms with E-state index < -0.39 is 0 Å². The molecule has 0 spiro atoms. The summed E-state index contributed by atoms with van der Waals surface area (Å²) in [5.41, 5.74) is 6.36. The smallest absolute Gasteiger partial charge is 0.271 e. The molecule has 3 aromatic carbocycles. The molecule has 0 unspecified atom stereocenters. The number of rotatable bonds is 8. The Morgan fingerprint density at radius 1 is 0.944 bits per heavy atom. The van der Waals surface area contributed by atoms with Crippen LogP contribution in [0.15, 0.2) is 78.9 Å². The van der Waals surface area contributed by atoms with Crippen LogP contribution in [0.1, 0.15) is 56.3 Å². The van der Waals surface area contributed by atoms with Gasteiger partial charge in [0.25, 0.3) is 11.8 Å². The molecule has 1 atom stereocenters. The van der Waals surface area contributed by atoms with E-state index in [0.29, 0.717) is 18.2 Å². The number of benzene rings is 3. The van der Waals surface area contributed by atoms with Crippen molar-refractivity contribution in [2.24, 2.45) is 0 Å². The van der Waals surface area contributed by atoms with E-state index in [-0.39, 0.29) is 24.4 Å². The lowest BCUT2D eigenvalue weighted by Gasteiger charge is -2.31. The van der Waals surface area contributed by atoms with Gasteiger partial charge < -0.3 is 10.2 Å². The molecule has 2 aliphatic rings. The quantitative estimate of drug-likeness (QED) is 0.374. The molecule has 182 valence electrons. The largest absolute Gasteiger partial charge is 0.326 e. The minimum absolute atomic E-state index is 0.0228. The van der Waals surface area contributed by atoms with Gasteiger partial charge in [0.2, 0.25) is 0 Å². The highest BCUT2D eigenvalue weighted by Crippen LogP contribution is 2.41. The maximum absolute atomic E-state index is 13.6. The van der Waals surface area contributed by atoms with Crippen molar-refractivity contribution >= 4 is 22.7 Å². The summed E-state index contributed by atoms with van der Waals surface area (Å²) < 4.78 is 1.60. The third-order valence-electron chi connectivity index (χ3n) is 7.46. The average Bonchev–Trinajstić information content (AvgIpc) is 3.66. The fraction of sp³-hybridized carbons (Fsp3) is 0.290. The SMILES string of the molecule is Cc1ccc2c(c1)cc1n2C(=O)CN(C[C@H](Cc2ccccc2)NCc2ccccc2C2CC2)C1=O. The summed E-state index contributed by atoms with van der Waals surface area (Å²) in [4.78, 5) is 28.5. The summed E-state index contributed by atoms with van der Waals surface area (Å²) in [6, 6.07) is 26.9. The number of aryl methyl sites for hydroxylation is 1. The molecule has 1 fully saturated rings. The summed E-state index contributed by atoms with van der Waals surface area (Å²) >= 11 is 0. The van der Waals surface area contributed by atoms with Crippen LogP contribution in [0, 0.1) is 6.92 Å². The number of hydrogen-bond donors (Lipinski definition) is 1. The second-order valence-corrected chi connectivity index (χ2v) is 10.2. The van der Waals surface area contributed by atoms with E-state index in [4.69, 9.17) is 0 Å². The molecule has 4 aromatic rings. The van der Waals surface area contributed by atoms with Crippen molar-refractivity contribution in [3.8, 4) is 0 Å². The molecule has 1 aliphatic carbocycles. The molecule has 5 heteroatoms. The Morgan fingerprint density at radius 2 is 1.72 bits per heavy atom. The van der Waals surface area contributed by atoms with Crippen molar-refractivity contribution in [1.82, 2.24) is 14.8 Å². The van der Waals surface area contributed by atoms with E-state index in [2.05, 4.69) is 41.7 Å². The van der Waals surface area contributed by atoms with Gasteiger partial charge in [-0.2, -0.15) is 0 Å². The normalized spacial score (nSPS) is 16.4. The number of aromatic nitrogens is 1. The predicted octanol–water partition coefficient (Wildman–Crippen LogP) is 5.32. The lowest BCUT2D eigenvalue weighted by Crippen LogP contribution is -2.50. The zero-order valence-corrected chi connectivity index (χ0v) is 20.6. The Morgan fingerprint density at radius 3 is 2.53 bits per heavy atom. The number of hydrogen-bond acceptors (Lipinski definition) is 3. The lowest BCUT2D eigenvalue weighted by atomic mass is 10.0. The van der Waals surface area contributed by atoms with Crippen molar-refractivity contribution < 1.29 is 9.59 Å². The fourth-order valence-corrected chi connectivity index (χ4v) is 5.48. The molecule has 1 saturated carbocycles. The highest BCUT2D eigenvalue weighted by Gasteiger charge is 2.33. The van der Waals surface area contributed by atoms with Crippen LogP contribution < -0.4 is 5.32 Å². The monoisotopic (exact) mass is 477 g/mol. The van der Waals surface area contributed by atoms with Crippen molar-refractivity contribution in [3.63, 3.8) is 0 Å². The van der Waals surface area contributed by atoms with Crippen LogP contribution in [-0.4, -0.2) is 40.4 Å². The Labute approximate surface area is 211 Å². The maximum atomic E-state index is 13.6. The zero-order valence-electron chi connectivity index (χ0n) is 20.6. The number of nitrogens with one attached hydrogen (secondary N) is 1. The number of carbonyl (C=O) groups excluding carboxylic acids is 2. The van der Waals surface area contributed by atoms with Gasteiger partial charge in [-0.05, 0) is 67.0 Å². The van der Waals surface area contributed by atoms with Gasteiger partial charge in [-0.25, -0.2) is 0 Å². The number of carbonyl (C=O) groups is 2. The number of amides is 1. The fourth-order valence-electron chi connectivity index (χ4n) is 5.48. The summed E-state index contributed by atoms with van der Waals surface area (Å²) in [5, 5.41) is 4.67. The first-order valence-electron chi connectivity index (χ1n) is 12.9. The molecule has 0 bridgehead atoms. The molecule has 6 rings (SSSR count). The molecule has 1 N–H and O–H groups in total. The van der Waals surface area contributed by atoms with Crippen molar-refractivity contribution in [1.29, 1.82) is 0 Å². The van der Waals surface area contributed by atoms with Crippen LogP contribution in [0.2, 0.25) is 0 Å². The molecule has 1 aliphatic heterocycles. The Kier molecular flexibility index (Phi) is 5.94. The summed E-state index contributed by atoms with van der Waals surface area (Å²) in [5.74, 6) is 0.546. The van der Waals surface area contributed by atoms with E-state index >= 15 is 0 Å². The topological polar surface area (TPSA) is 54.3 Å². The van der Waals surface area contributed by atoms with Gasteiger partial charge in [0.15, 0.2) is 0 Å². The van der Waals surface area contributed by atoms with Crippen LogP contribution >= 0.6 is 0 Å². The van der Waals surface area contributed by atoms with Crippen LogP contribution in [0.5, 0.6) is 0 Å². The minimum atomic E-state index is -0.0818. The van der Waals surface area contributed by atoms with E-state index in [9.17, 15) is 9.59 Å². The third-order valence-corrected chi connectivity index (χ3v) is 7.46. The maximum Gasteiger partial charge on any atom is 0.271 e. The molecular formula is C31H31N3O2. The Bertz CT molecular complexity index is 1430. The van der Waals surface area contributed by atoms with Gasteiger partial charge in [0, 0.05) is 24.5 Å². The molecule has 0 radical (unpaired) electrons. The first-order valence-corrected chi connectivity index (χ1v) is 12.9. The Balaban J connectivity index is 1.25. The highest BCUT2D eigenvalue weighted by molar-refractivity contribution is 6.09. The van der Waals surface area contributed by atoms with Crippen LogP contribution in [0.25, 0.3) is 10.9 Å². The molecule has 1 amide bonds. The van der Waals surface area contributed by atoms with Gasteiger partial charge >= 0.3 is 0 Å². The first-order chi connectivity index (χ1) is 17.6. The standard InChI is InChI=1S/C31H31N3O2/c1-21-11-14-28-25(15-21)17-29-31(36)33(20-30(35)34(28)29)19-26(16-22-7-3-2-4-8-22)32-18-24-9-5-6-10-27(24)23-12-13-23/h2-11,14-15,17,23,26,32H,12-13,16,18-20H2,1H3/t26-/m0/s1. The van der Waals surface area contributed by atoms with Crippen LogP contribution in [0.4, 0.5) is 0 Å². The van der Waals surface area contributed by atoms with Crippen molar-refractivity contribution in [2.45, 2.75) is 44.7 Å². The van der Waals surface area contributed by atoms with E-state index in [1.807, 2.05) is 49.4 Å². The van der Waals surface area contributed by atoms with Crippen LogP contribution in [-0.2, 0) is 13.0 Å². The third kappa shape index (κ3) is 4.47. The van der Waals surface area contributed by atoms with Gasteiger partial charge in [-0.15, -0.1) is 0 Å². The van der Waals surface area contributed by atoms with Gasteiger partial charge in [-0.3, -0.25) is 14.2 Å². The number of nitrogens with zero attached hydrogens (tertiary/aromatic N) is 2. The minimum Gasteiger partial charge on any atom is -0.326 e. The van der Waals surface area contributed by atoms with E-state index in [0.717, 1.165) is 29.4 Å². The van der Waals surface area contributed by atoms with Gasteiger partial charge in [0.1, 0.15) is 12.2 Å². The molecule has 2 heterocycles. The highest BCUT2D eigenvalue weighted by atomic mass is 16.2. The molecule has 1 aromatic heterocycles. The molecule has 0 saturated heterocycles. The first kappa shape index (κ1) is 22.7. The van der Waals surface area contributed by atoms with E-state index in [1.54, 1.807) is 9.47 Å². The van der Waals surface area contributed by atoms with E-state index in [1.165, 1.54) is 29.5 Å². The second-order valence-electron chi connectivity index (χ2n) is 10.2. The lowest BCUT2D eigenvalue weighted by molar-refractivity contribution is 0.0608. The second kappa shape index (κ2) is 9.40. The van der Waals surface area contributed by atoms with Crippen LogP contribution in [0.3, 0.4) is 0 Å². The Hall–Kier alpha value is -3.70. The predicted molar refractivity (Wildman–Crippen MR) is 142 cm³/mol. The summed E-state index contributed by atoms with van der Waals surface area (Å²) in [6.07, 6.45) is 3.32. The number of fused-ring (bicyclic) bond motifs is 3.